The lowest BCUT2D eigenvalue weighted by atomic mass is 10.2. The number of halogens is 2. The predicted molar refractivity (Wildman–Crippen MR) is 81.8 cm³/mol. The molecule has 0 aliphatic heterocycles. The van der Waals surface area contributed by atoms with Crippen LogP contribution >= 0.6 is 31.9 Å². The molecule has 18 heavy (non-hydrogen) atoms. The Kier molecular flexibility index (Phi) is 4.30. The first-order valence-electron chi connectivity index (χ1n) is 5.49. The quantitative estimate of drug-likeness (QED) is 0.796. The van der Waals surface area contributed by atoms with E-state index in [9.17, 15) is 0 Å². The van der Waals surface area contributed by atoms with Crippen LogP contribution in [0.5, 0.6) is 5.75 Å². The van der Waals surface area contributed by atoms with E-state index in [2.05, 4.69) is 31.9 Å². The molecule has 0 unspecified atom stereocenters. The number of nitrogen functional groups attached to an aromatic ring is 1. The fourth-order valence-corrected chi connectivity index (χ4v) is 2.68. The highest BCUT2D eigenvalue weighted by atomic mass is 79.9. The van der Waals surface area contributed by atoms with E-state index in [1.165, 1.54) is 5.56 Å². The van der Waals surface area contributed by atoms with Gasteiger partial charge in [0, 0.05) is 15.7 Å². The van der Waals surface area contributed by atoms with Crippen molar-refractivity contribution in [3.05, 3.63) is 56.5 Å². The number of rotatable bonds is 3. The van der Waals surface area contributed by atoms with Gasteiger partial charge >= 0.3 is 0 Å². The highest BCUT2D eigenvalue weighted by Crippen LogP contribution is 2.28. The van der Waals surface area contributed by atoms with Gasteiger partial charge in [-0.2, -0.15) is 0 Å². The van der Waals surface area contributed by atoms with E-state index in [0.717, 1.165) is 25.9 Å². The molecule has 0 aromatic heterocycles. The number of anilines is 1. The van der Waals surface area contributed by atoms with Crippen molar-refractivity contribution in [2.24, 2.45) is 0 Å². The highest BCUT2D eigenvalue weighted by Gasteiger charge is 2.04. The topological polar surface area (TPSA) is 35.2 Å². The van der Waals surface area contributed by atoms with E-state index in [-0.39, 0.29) is 0 Å². The normalized spacial score (nSPS) is 10.4. The minimum atomic E-state index is 0.503. The number of hydrogen-bond acceptors (Lipinski definition) is 2. The summed E-state index contributed by atoms with van der Waals surface area (Å²) in [6.07, 6.45) is 0. The maximum atomic E-state index is 5.78. The second kappa shape index (κ2) is 5.76. The number of nitrogens with two attached hydrogens (primary N) is 1. The molecule has 2 nitrogen and oxygen atoms in total. The van der Waals surface area contributed by atoms with Crippen LogP contribution in [0.4, 0.5) is 5.69 Å². The fraction of sp³-hybridized carbons (Fsp3) is 0.143. The summed E-state index contributed by atoms with van der Waals surface area (Å²) in [5.74, 6) is 0.837. The molecule has 94 valence electrons. The Labute approximate surface area is 123 Å². The zero-order valence-electron chi connectivity index (χ0n) is 9.91. The van der Waals surface area contributed by atoms with Gasteiger partial charge < -0.3 is 10.5 Å². The number of aryl methyl sites for hydroxylation is 1. The van der Waals surface area contributed by atoms with E-state index in [1.807, 2.05) is 43.3 Å². The van der Waals surface area contributed by atoms with E-state index < -0.39 is 0 Å². The van der Waals surface area contributed by atoms with Crippen LogP contribution in [0, 0.1) is 6.92 Å². The van der Waals surface area contributed by atoms with Crippen LogP contribution < -0.4 is 10.5 Å². The van der Waals surface area contributed by atoms with Crippen molar-refractivity contribution in [3.63, 3.8) is 0 Å². The van der Waals surface area contributed by atoms with Crippen LogP contribution in [0.2, 0.25) is 0 Å². The van der Waals surface area contributed by atoms with Crippen molar-refractivity contribution in [1.82, 2.24) is 0 Å². The molecule has 0 radical (unpaired) electrons. The van der Waals surface area contributed by atoms with Crippen molar-refractivity contribution in [1.29, 1.82) is 0 Å². The average Bonchev–Trinajstić information content (AvgIpc) is 2.30. The van der Waals surface area contributed by atoms with Gasteiger partial charge in [0.05, 0.1) is 4.47 Å². The first-order chi connectivity index (χ1) is 8.56. The second-order valence-corrected chi connectivity index (χ2v) is 5.78. The first-order valence-corrected chi connectivity index (χ1v) is 7.08. The van der Waals surface area contributed by atoms with E-state index in [1.54, 1.807) is 0 Å². The molecule has 0 atom stereocenters. The maximum absolute atomic E-state index is 5.78. The molecule has 2 N–H and O–H groups in total. The molecule has 2 aromatic carbocycles. The number of benzene rings is 2. The lowest BCUT2D eigenvalue weighted by Gasteiger charge is -2.10. The Hall–Kier alpha value is -1.000. The SMILES string of the molecule is Cc1ccc(OCc2ccc(N)cc2Br)c(Br)c1. The zero-order chi connectivity index (χ0) is 13.1. The summed E-state index contributed by atoms with van der Waals surface area (Å²) in [6, 6.07) is 11.7. The molecule has 0 heterocycles. The third-order valence-corrected chi connectivity index (χ3v) is 3.91. The fourth-order valence-electron chi connectivity index (χ4n) is 1.56. The van der Waals surface area contributed by atoms with Gasteiger partial charge in [-0.3, -0.25) is 0 Å². The summed E-state index contributed by atoms with van der Waals surface area (Å²) in [7, 11) is 0. The summed E-state index contributed by atoms with van der Waals surface area (Å²) in [6.45, 7) is 2.55. The summed E-state index contributed by atoms with van der Waals surface area (Å²) < 4.78 is 7.71. The lowest BCUT2D eigenvalue weighted by Crippen LogP contribution is -1.98. The largest absolute Gasteiger partial charge is 0.488 e. The number of ether oxygens (including phenoxy) is 1. The summed E-state index contributed by atoms with van der Waals surface area (Å²) >= 11 is 6.97. The summed E-state index contributed by atoms with van der Waals surface area (Å²) in [4.78, 5) is 0. The smallest absolute Gasteiger partial charge is 0.134 e. The van der Waals surface area contributed by atoms with Crippen LogP contribution in [-0.2, 0) is 6.61 Å². The monoisotopic (exact) mass is 369 g/mol. The molecule has 0 bridgehead atoms. The standard InChI is InChI=1S/C14H13Br2NO/c1-9-2-5-14(13(16)6-9)18-8-10-3-4-11(17)7-12(10)15/h2-7H,8,17H2,1H3. The third-order valence-electron chi connectivity index (χ3n) is 2.55. The Morgan fingerprint density at radius 3 is 2.50 bits per heavy atom. The van der Waals surface area contributed by atoms with Gasteiger partial charge in [0.15, 0.2) is 0 Å². The van der Waals surface area contributed by atoms with Gasteiger partial charge in [0.1, 0.15) is 12.4 Å². The van der Waals surface area contributed by atoms with Gasteiger partial charge in [-0.05, 0) is 52.7 Å². The van der Waals surface area contributed by atoms with Crippen molar-refractivity contribution in [3.8, 4) is 5.75 Å². The van der Waals surface area contributed by atoms with Crippen LogP contribution in [0.1, 0.15) is 11.1 Å². The summed E-state index contributed by atoms with van der Waals surface area (Å²) in [5, 5.41) is 0. The number of hydrogen-bond donors (Lipinski definition) is 1. The molecule has 0 amide bonds. The molecule has 0 fully saturated rings. The predicted octanol–water partition coefficient (Wildman–Crippen LogP) is 4.68. The van der Waals surface area contributed by atoms with Crippen LogP contribution in [0.15, 0.2) is 45.3 Å². The molecule has 2 rings (SSSR count). The van der Waals surface area contributed by atoms with Crippen LogP contribution in [-0.4, -0.2) is 0 Å². The molecular formula is C14H13Br2NO. The van der Waals surface area contributed by atoms with Crippen LogP contribution in [0.3, 0.4) is 0 Å². The zero-order valence-corrected chi connectivity index (χ0v) is 13.1. The van der Waals surface area contributed by atoms with Gasteiger partial charge in [0.2, 0.25) is 0 Å². The van der Waals surface area contributed by atoms with Crippen molar-refractivity contribution in [2.45, 2.75) is 13.5 Å². The Balaban J connectivity index is 2.11. The summed E-state index contributed by atoms with van der Waals surface area (Å²) in [5.41, 5.74) is 8.70. The van der Waals surface area contributed by atoms with Gasteiger partial charge in [-0.25, -0.2) is 0 Å². The molecule has 0 saturated heterocycles. The maximum Gasteiger partial charge on any atom is 0.134 e. The minimum absolute atomic E-state index is 0.503. The van der Waals surface area contributed by atoms with Gasteiger partial charge in [0.25, 0.3) is 0 Å². The molecule has 0 aliphatic carbocycles. The first kappa shape index (κ1) is 13.4. The molecule has 0 aliphatic rings. The molecule has 0 spiro atoms. The molecule has 0 saturated carbocycles. The Morgan fingerprint density at radius 2 is 1.83 bits per heavy atom. The van der Waals surface area contributed by atoms with Crippen molar-refractivity contribution in [2.75, 3.05) is 5.73 Å². The Morgan fingerprint density at radius 1 is 1.06 bits per heavy atom. The average molecular weight is 371 g/mol. The molecule has 2 aromatic rings. The lowest BCUT2D eigenvalue weighted by molar-refractivity contribution is 0.303. The van der Waals surface area contributed by atoms with E-state index in [4.69, 9.17) is 10.5 Å². The molecular weight excluding hydrogens is 358 g/mol. The van der Waals surface area contributed by atoms with E-state index in [0.29, 0.717) is 6.61 Å². The Bertz CT molecular complexity index is 518. The van der Waals surface area contributed by atoms with Crippen LogP contribution in [0.25, 0.3) is 0 Å². The van der Waals surface area contributed by atoms with Crippen molar-refractivity contribution < 1.29 is 4.74 Å². The minimum Gasteiger partial charge on any atom is -0.488 e. The highest BCUT2D eigenvalue weighted by molar-refractivity contribution is 9.10. The van der Waals surface area contributed by atoms with E-state index >= 15 is 0 Å². The third kappa shape index (κ3) is 3.27. The van der Waals surface area contributed by atoms with Crippen molar-refractivity contribution >= 4 is 37.5 Å². The van der Waals surface area contributed by atoms with Gasteiger partial charge in [-0.15, -0.1) is 0 Å². The van der Waals surface area contributed by atoms with Gasteiger partial charge in [-0.1, -0.05) is 28.1 Å². The molecule has 4 heteroatoms. The second-order valence-electron chi connectivity index (χ2n) is 4.07.